The van der Waals surface area contributed by atoms with Crippen LogP contribution in [0.1, 0.15) is 17.5 Å². The molecule has 0 fully saturated rings. The quantitative estimate of drug-likeness (QED) is 0.835. The Morgan fingerprint density at radius 1 is 1.50 bits per heavy atom. The summed E-state index contributed by atoms with van der Waals surface area (Å²) in [6, 6.07) is 0. The topological polar surface area (TPSA) is 82.9 Å². The van der Waals surface area contributed by atoms with E-state index in [0.717, 1.165) is 11.0 Å². The zero-order chi connectivity index (χ0) is 13.1. The van der Waals surface area contributed by atoms with Gasteiger partial charge in [0, 0.05) is 6.54 Å². The van der Waals surface area contributed by atoms with E-state index < -0.39 is 6.10 Å². The third kappa shape index (κ3) is 2.77. The first kappa shape index (κ1) is 13.2. The molecule has 0 radical (unpaired) electrons. The van der Waals surface area contributed by atoms with Crippen molar-refractivity contribution >= 4 is 15.9 Å². The molecule has 0 bridgehead atoms. The second-order valence-corrected chi connectivity index (χ2v) is 5.06. The van der Waals surface area contributed by atoms with Gasteiger partial charge in [-0.05, 0) is 30.0 Å². The molecule has 1 unspecified atom stereocenters. The van der Waals surface area contributed by atoms with Gasteiger partial charge in [-0.1, -0.05) is 0 Å². The molecule has 8 heteroatoms. The average Bonchev–Trinajstić information content (AvgIpc) is 2.94. The number of rotatable bonds is 5. The summed E-state index contributed by atoms with van der Waals surface area (Å²) >= 11 is 3.40. The van der Waals surface area contributed by atoms with E-state index in [2.05, 4.69) is 41.3 Å². The maximum Gasteiger partial charge on any atom is 0.142 e. The number of nitrogens with one attached hydrogen (secondary N) is 1. The first-order valence-corrected chi connectivity index (χ1v) is 6.28. The molecule has 0 aliphatic rings. The number of H-pyrrole nitrogens is 1. The summed E-state index contributed by atoms with van der Waals surface area (Å²) in [6.45, 7) is 1.54. The minimum absolute atomic E-state index is 0.474. The minimum atomic E-state index is -0.845. The van der Waals surface area contributed by atoms with Crippen molar-refractivity contribution in [1.29, 1.82) is 0 Å². The van der Waals surface area contributed by atoms with Gasteiger partial charge in [-0.2, -0.15) is 20.5 Å². The smallest absolute Gasteiger partial charge is 0.142 e. The summed E-state index contributed by atoms with van der Waals surface area (Å²) < 4.78 is 2.53. The van der Waals surface area contributed by atoms with Crippen molar-refractivity contribution in [3.8, 4) is 0 Å². The number of aromatic nitrogens is 5. The molecular weight excluding hydrogens is 300 g/mol. The van der Waals surface area contributed by atoms with E-state index in [1.807, 2.05) is 14.1 Å². The van der Waals surface area contributed by atoms with Crippen molar-refractivity contribution in [2.75, 3.05) is 20.6 Å². The molecule has 0 saturated carbocycles. The molecule has 0 spiro atoms. The van der Waals surface area contributed by atoms with E-state index in [1.54, 1.807) is 10.9 Å². The third-order valence-electron chi connectivity index (χ3n) is 2.57. The van der Waals surface area contributed by atoms with Crippen LogP contribution in [-0.4, -0.2) is 55.8 Å². The Bertz CT molecular complexity index is 494. The van der Waals surface area contributed by atoms with Gasteiger partial charge in [-0.3, -0.25) is 4.68 Å². The molecule has 7 nitrogen and oxygen atoms in total. The lowest BCUT2D eigenvalue weighted by atomic mass is 10.2. The fourth-order valence-electron chi connectivity index (χ4n) is 1.60. The summed E-state index contributed by atoms with van der Waals surface area (Å²) in [7, 11) is 3.98. The predicted molar refractivity (Wildman–Crippen MR) is 68.9 cm³/mol. The number of likely N-dealkylation sites (N-methyl/N-ethyl adjacent to an activating group) is 1. The Morgan fingerprint density at radius 3 is 2.89 bits per heavy atom. The molecule has 2 rings (SSSR count). The molecule has 0 saturated heterocycles. The van der Waals surface area contributed by atoms with Crippen molar-refractivity contribution in [2.45, 2.75) is 12.6 Å². The van der Waals surface area contributed by atoms with Crippen molar-refractivity contribution in [3.05, 3.63) is 28.3 Å². The monoisotopic (exact) mass is 314 g/mol. The van der Waals surface area contributed by atoms with Gasteiger partial charge in [0.15, 0.2) is 0 Å². The fraction of sp³-hybridized carbons (Fsp3) is 0.500. The van der Waals surface area contributed by atoms with Crippen LogP contribution >= 0.6 is 15.9 Å². The fourth-order valence-corrected chi connectivity index (χ4v) is 2.11. The van der Waals surface area contributed by atoms with Crippen LogP contribution in [0, 0.1) is 0 Å². The minimum Gasteiger partial charge on any atom is -0.380 e. The number of hydrogen-bond acceptors (Lipinski definition) is 5. The summed E-state index contributed by atoms with van der Waals surface area (Å²) in [4.78, 5) is 2.06. The summed E-state index contributed by atoms with van der Waals surface area (Å²) in [5.41, 5.74) is 1.16. The predicted octanol–water partition coefficient (Wildman–Crippen LogP) is 0.407. The average molecular weight is 315 g/mol. The number of hydrogen-bond donors (Lipinski definition) is 2. The summed E-state index contributed by atoms with van der Waals surface area (Å²) in [5, 5.41) is 24.6. The zero-order valence-corrected chi connectivity index (χ0v) is 11.8. The van der Waals surface area contributed by atoms with Crippen LogP contribution in [0.25, 0.3) is 0 Å². The van der Waals surface area contributed by atoms with E-state index >= 15 is 0 Å². The third-order valence-corrected chi connectivity index (χ3v) is 3.18. The van der Waals surface area contributed by atoms with Gasteiger partial charge in [0.1, 0.15) is 11.8 Å². The highest BCUT2D eigenvalue weighted by molar-refractivity contribution is 9.10. The maximum atomic E-state index is 10.3. The number of aliphatic hydroxyl groups is 1. The standard InChI is InChI=1S/C10H15BrN6O/c1-16(2)3-4-17-9(7(11)5-13-17)10(18)8-6-12-15-14-8/h5-6,10,18H,3-4H2,1-2H3,(H,12,14,15). The van der Waals surface area contributed by atoms with Gasteiger partial charge in [-0.25, -0.2) is 0 Å². The van der Waals surface area contributed by atoms with Gasteiger partial charge in [-0.15, -0.1) is 0 Å². The number of aromatic amines is 1. The Morgan fingerprint density at radius 2 is 2.28 bits per heavy atom. The van der Waals surface area contributed by atoms with Crippen LogP contribution in [0.4, 0.5) is 0 Å². The zero-order valence-electron chi connectivity index (χ0n) is 10.2. The molecule has 2 aromatic rings. The molecule has 0 aromatic carbocycles. The second-order valence-electron chi connectivity index (χ2n) is 4.20. The second kappa shape index (κ2) is 5.59. The highest BCUT2D eigenvalue weighted by atomic mass is 79.9. The van der Waals surface area contributed by atoms with Gasteiger partial charge in [0.05, 0.1) is 29.1 Å². The highest BCUT2D eigenvalue weighted by Crippen LogP contribution is 2.26. The van der Waals surface area contributed by atoms with Gasteiger partial charge < -0.3 is 10.0 Å². The van der Waals surface area contributed by atoms with Crippen LogP contribution in [0.5, 0.6) is 0 Å². The Labute approximate surface area is 113 Å². The molecular formula is C10H15BrN6O. The molecule has 0 amide bonds. The normalized spacial score (nSPS) is 13.2. The number of aliphatic hydroxyl groups excluding tert-OH is 1. The van der Waals surface area contributed by atoms with Crippen LogP contribution in [0.2, 0.25) is 0 Å². The highest BCUT2D eigenvalue weighted by Gasteiger charge is 2.21. The van der Waals surface area contributed by atoms with Gasteiger partial charge >= 0.3 is 0 Å². The van der Waals surface area contributed by atoms with Crippen LogP contribution in [0.15, 0.2) is 16.9 Å². The van der Waals surface area contributed by atoms with Gasteiger partial charge in [0.25, 0.3) is 0 Å². The Balaban J connectivity index is 2.23. The van der Waals surface area contributed by atoms with E-state index in [0.29, 0.717) is 17.9 Å². The molecule has 0 aliphatic carbocycles. The Kier molecular flexibility index (Phi) is 4.10. The first-order chi connectivity index (χ1) is 8.59. The van der Waals surface area contributed by atoms with Crippen LogP contribution < -0.4 is 0 Å². The van der Waals surface area contributed by atoms with E-state index in [9.17, 15) is 5.11 Å². The lowest BCUT2D eigenvalue weighted by Crippen LogP contribution is -2.21. The SMILES string of the molecule is CN(C)CCn1ncc(Br)c1C(O)c1cn[nH]n1. The molecule has 1 atom stereocenters. The summed E-state index contributed by atoms with van der Waals surface area (Å²) in [6.07, 6.45) is 2.33. The van der Waals surface area contributed by atoms with E-state index in [-0.39, 0.29) is 0 Å². The first-order valence-electron chi connectivity index (χ1n) is 5.49. The molecule has 2 N–H and O–H groups in total. The van der Waals surface area contributed by atoms with Crippen molar-refractivity contribution in [2.24, 2.45) is 0 Å². The number of nitrogens with zero attached hydrogens (tertiary/aromatic N) is 5. The van der Waals surface area contributed by atoms with E-state index in [1.165, 1.54) is 6.20 Å². The molecule has 18 heavy (non-hydrogen) atoms. The van der Waals surface area contributed by atoms with E-state index in [4.69, 9.17) is 0 Å². The van der Waals surface area contributed by atoms with Crippen molar-refractivity contribution in [3.63, 3.8) is 0 Å². The lowest BCUT2D eigenvalue weighted by Gasteiger charge is -2.14. The largest absolute Gasteiger partial charge is 0.380 e. The maximum absolute atomic E-state index is 10.3. The Hall–Kier alpha value is -1.25. The molecule has 98 valence electrons. The molecule has 2 heterocycles. The van der Waals surface area contributed by atoms with Crippen LogP contribution in [0.3, 0.4) is 0 Å². The number of halogens is 1. The summed E-state index contributed by atoms with van der Waals surface area (Å²) in [5.74, 6) is 0. The lowest BCUT2D eigenvalue weighted by molar-refractivity contribution is 0.200. The van der Waals surface area contributed by atoms with Gasteiger partial charge in [0.2, 0.25) is 0 Å². The van der Waals surface area contributed by atoms with Crippen LogP contribution in [-0.2, 0) is 6.54 Å². The molecule has 2 aromatic heterocycles. The van der Waals surface area contributed by atoms with Crippen molar-refractivity contribution in [1.82, 2.24) is 30.1 Å². The molecule has 0 aliphatic heterocycles. The van der Waals surface area contributed by atoms with Crippen molar-refractivity contribution < 1.29 is 5.11 Å².